The van der Waals surface area contributed by atoms with Crippen molar-refractivity contribution in [1.29, 1.82) is 0 Å². The molecule has 0 saturated heterocycles. The minimum atomic E-state index is -4.70. The molecule has 374 valence electrons. The molecule has 1 N–H and O–H groups in total. The third-order valence-corrected chi connectivity index (χ3v) is 12.5. The van der Waals surface area contributed by atoms with Crippen LogP contribution in [0.3, 0.4) is 0 Å². The number of carbonyl (C=O) groups excluding carboxylic acids is 2. The summed E-state index contributed by atoms with van der Waals surface area (Å²) in [7, 11) is 1.15. The Morgan fingerprint density at radius 2 is 0.969 bits per heavy atom. The number of ether oxygens (including phenoxy) is 1. The van der Waals surface area contributed by atoms with E-state index in [1.807, 2.05) is 33.3 Å². The Labute approximate surface area is 395 Å². The number of phosphoric ester groups is 1. The first kappa shape index (κ1) is 62.0. The van der Waals surface area contributed by atoms with Gasteiger partial charge in [0.15, 0.2) is 0 Å². The molecule has 1 amide bonds. The molecule has 0 aliphatic carbocycles. The molecule has 0 heterocycles. The molecular weight excluding hydrogens is 820 g/mol. The Bertz CT molecular complexity index is 1240. The monoisotopic (exact) mass is 921 g/mol. The van der Waals surface area contributed by atoms with Crippen LogP contribution in [0.1, 0.15) is 233 Å². The van der Waals surface area contributed by atoms with Crippen LogP contribution in [0, 0.1) is 0 Å². The second kappa shape index (κ2) is 44.8. The van der Waals surface area contributed by atoms with Gasteiger partial charge in [-0.15, -0.1) is 0 Å². The Balaban J connectivity index is 5.50. The van der Waals surface area contributed by atoms with Gasteiger partial charge in [0, 0.05) is 12.8 Å². The molecule has 0 aromatic carbocycles. The van der Waals surface area contributed by atoms with E-state index in [0.29, 0.717) is 23.9 Å². The maximum Gasteiger partial charge on any atom is 0.306 e. The van der Waals surface area contributed by atoms with Crippen molar-refractivity contribution in [3.63, 3.8) is 0 Å². The van der Waals surface area contributed by atoms with E-state index >= 15 is 0 Å². The molecule has 0 aromatic rings. The molecule has 3 atom stereocenters. The fraction of sp³-hybridized carbons (Fsp3) is 0.815. The van der Waals surface area contributed by atoms with Crippen molar-refractivity contribution < 1.29 is 37.3 Å². The van der Waals surface area contributed by atoms with Crippen LogP contribution in [0.2, 0.25) is 0 Å². The van der Waals surface area contributed by atoms with E-state index in [1.54, 1.807) is 6.08 Å². The molecule has 0 radical (unpaired) electrons. The Hall–Kier alpha value is -2.03. The number of carbonyl (C=O) groups is 2. The Morgan fingerprint density at radius 3 is 1.45 bits per heavy atom. The molecule has 0 aliphatic rings. The van der Waals surface area contributed by atoms with Gasteiger partial charge < -0.3 is 28.5 Å². The average molecular weight is 921 g/mol. The molecular formula is C54H101N2O7P. The number of likely N-dealkylation sites (N-methyl/N-ethyl adjacent to an activating group) is 1. The highest BCUT2D eigenvalue weighted by Gasteiger charge is 2.27. The van der Waals surface area contributed by atoms with Crippen LogP contribution in [-0.4, -0.2) is 69.4 Å². The summed E-state index contributed by atoms with van der Waals surface area (Å²) in [6.07, 6.45) is 52.4. The largest absolute Gasteiger partial charge is 0.756 e. The summed E-state index contributed by atoms with van der Waals surface area (Å²) in [6, 6.07) is -0.915. The zero-order chi connectivity index (χ0) is 47.3. The van der Waals surface area contributed by atoms with E-state index in [1.165, 1.54) is 128 Å². The van der Waals surface area contributed by atoms with Gasteiger partial charge in [-0.1, -0.05) is 192 Å². The summed E-state index contributed by atoms with van der Waals surface area (Å²) >= 11 is 0. The van der Waals surface area contributed by atoms with E-state index in [0.717, 1.165) is 57.8 Å². The zero-order valence-electron chi connectivity index (χ0n) is 42.5. The number of phosphoric acid groups is 1. The van der Waals surface area contributed by atoms with Gasteiger partial charge in [-0.3, -0.25) is 14.2 Å². The lowest BCUT2D eigenvalue weighted by Gasteiger charge is -2.30. The van der Waals surface area contributed by atoms with Gasteiger partial charge in [-0.2, -0.15) is 0 Å². The van der Waals surface area contributed by atoms with Crippen LogP contribution < -0.4 is 10.2 Å². The number of hydrogen-bond donors (Lipinski definition) is 1. The van der Waals surface area contributed by atoms with Crippen molar-refractivity contribution in [1.82, 2.24) is 5.32 Å². The van der Waals surface area contributed by atoms with Crippen molar-refractivity contribution in [2.45, 2.75) is 245 Å². The lowest BCUT2D eigenvalue weighted by atomic mass is 10.1. The Morgan fingerprint density at radius 1 is 0.547 bits per heavy atom. The number of allylic oxidation sites excluding steroid dienone is 7. The number of unbranched alkanes of at least 4 members (excludes halogenated alkanes) is 25. The average Bonchev–Trinajstić information content (AvgIpc) is 3.25. The first-order chi connectivity index (χ1) is 30.9. The Kier molecular flexibility index (Phi) is 43.4. The molecule has 64 heavy (non-hydrogen) atoms. The van der Waals surface area contributed by atoms with Crippen LogP contribution >= 0.6 is 7.82 Å². The normalized spacial score (nSPS) is 14.3. The number of esters is 1. The fourth-order valence-electron chi connectivity index (χ4n) is 7.33. The van der Waals surface area contributed by atoms with E-state index in [-0.39, 0.29) is 25.4 Å². The molecule has 10 heteroatoms. The second-order valence-electron chi connectivity index (χ2n) is 19.0. The van der Waals surface area contributed by atoms with Gasteiger partial charge >= 0.3 is 5.97 Å². The zero-order valence-corrected chi connectivity index (χ0v) is 43.4. The second-order valence-corrected chi connectivity index (χ2v) is 20.4. The lowest BCUT2D eigenvalue weighted by Crippen LogP contribution is -2.47. The standard InChI is InChI=1S/C54H101N2O7P/c1-7-10-13-16-19-22-25-27-29-31-34-37-40-43-46-53(57)55-51(50-62-64(59,60)61-49-48-56(4,5)6)52(45-42-39-36-33-30-24-21-18-15-12-9-3)63-54(58)47-44-41-38-35-32-28-26-23-20-17-14-11-8-2/h28-29,31-32,38,41-42,45,51-52H,7-27,30,33-37,39-40,43-44,46-50H2,1-6H3,(H-,55,57,59,60)/b31-29-,32-28-,41-38+,45-42+. The molecule has 0 rings (SSSR count). The number of nitrogens with zero attached hydrogens (tertiary/aromatic N) is 1. The highest BCUT2D eigenvalue weighted by Crippen LogP contribution is 2.38. The van der Waals surface area contributed by atoms with Crippen LogP contribution in [-0.2, 0) is 27.9 Å². The van der Waals surface area contributed by atoms with Gasteiger partial charge in [0.2, 0.25) is 5.91 Å². The minimum Gasteiger partial charge on any atom is -0.756 e. The number of rotatable bonds is 47. The predicted molar refractivity (Wildman–Crippen MR) is 270 cm³/mol. The number of quaternary nitrogens is 1. The highest BCUT2D eigenvalue weighted by atomic mass is 31.2. The summed E-state index contributed by atoms with van der Waals surface area (Å²) in [5.74, 6) is -0.639. The molecule has 0 saturated carbocycles. The lowest BCUT2D eigenvalue weighted by molar-refractivity contribution is -0.870. The molecule has 0 spiro atoms. The van der Waals surface area contributed by atoms with Gasteiger partial charge in [0.25, 0.3) is 7.82 Å². The summed E-state index contributed by atoms with van der Waals surface area (Å²) in [6.45, 7) is 6.76. The molecule has 9 nitrogen and oxygen atoms in total. The SMILES string of the molecule is CCCCCCCC/C=C\C/C=C/CCC(=O)OC(/C=C/CCCCCCCCCCC)C(COP(=O)([O-])OCC[N+](C)(C)C)NC(=O)CCCCC/C=C\CCCCCCCCC. The van der Waals surface area contributed by atoms with E-state index in [4.69, 9.17) is 13.8 Å². The van der Waals surface area contributed by atoms with Gasteiger partial charge in [0.1, 0.15) is 19.3 Å². The summed E-state index contributed by atoms with van der Waals surface area (Å²) in [5.41, 5.74) is 0. The van der Waals surface area contributed by atoms with E-state index < -0.39 is 32.5 Å². The minimum absolute atomic E-state index is 0.0326. The van der Waals surface area contributed by atoms with Crippen molar-refractivity contribution in [3.05, 3.63) is 48.6 Å². The molecule has 0 bridgehead atoms. The summed E-state index contributed by atoms with van der Waals surface area (Å²) in [5, 5.41) is 2.98. The highest BCUT2D eigenvalue weighted by molar-refractivity contribution is 7.45. The maximum atomic E-state index is 13.4. The van der Waals surface area contributed by atoms with E-state index in [2.05, 4.69) is 56.5 Å². The maximum absolute atomic E-state index is 13.4. The summed E-state index contributed by atoms with van der Waals surface area (Å²) < 4.78 is 30.0. The molecule has 0 fully saturated rings. The number of nitrogens with one attached hydrogen (secondary N) is 1. The van der Waals surface area contributed by atoms with Gasteiger partial charge in [-0.05, 0) is 76.7 Å². The number of amides is 1. The predicted octanol–water partition coefficient (Wildman–Crippen LogP) is 14.7. The first-order valence-corrected chi connectivity index (χ1v) is 27.9. The smallest absolute Gasteiger partial charge is 0.306 e. The third kappa shape index (κ3) is 45.1. The van der Waals surface area contributed by atoms with Crippen molar-refractivity contribution in [2.75, 3.05) is 40.9 Å². The van der Waals surface area contributed by atoms with Crippen LogP contribution in [0.25, 0.3) is 0 Å². The molecule has 3 unspecified atom stereocenters. The van der Waals surface area contributed by atoms with Gasteiger partial charge in [0.05, 0.1) is 33.8 Å². The summed E-state index contributed by atoms with van der Waals surface area (Å²) in [4.78, 5) is 39.6. The third-order valence-electron chi connectivity index (χ3n) is 11.5. The van der Waals surface area contributed by atoms with Crippen molar-refractivity contribution in [3.8, 4) is 0 Å². The molecule has 0 aliphatic heterocycles. The van der Waals surface area contributed by atoms with E-state index in [9.17, 15) is 19.0 Å². The quantitative estimate of drug-likeness (QED) is 0.0213. The van der Waals surface area contributed by atoms with Crippen molar-refractivity contribution in [2.24, 2.45) is 0 Å². The topological polar surface area (TPSA) is 114 Å². The van der Waals surface area contributed by atoms with Gasteiger partial charge in [-0.25, -0.2) is 0 Å². The number of hydrogen-bond acceptors (Lipinski definition) is 7. The van der Waals surface area contributed by atoms with Crippen molar-refractivity contribution >= 4 is 19.7 Å². The first-order valence-electron chi connectivity index (χ1n) is 26.4. The van der Waals surface area contributed by atoms with Crippen LogP contribution in [0.4, 0.5) is 0 Å². The van der Waals surface area contributed by atoms with Crippen LogP contribution in [0.15, 0.2) is 48.6 Å². The van der Waals surface area contributed by atoms with Crippen LogP contribution in [0.5, 0.6) is 0 Å². The molecule has 0 aromatic heterocycles. The fourth-order valence-corrected chi connectivity index (χ4v) is 8.06.